The first kappa shape index (κ1) is 7.35. The van der Waals surface area contributed by atoms with Crippen LogP contribution in [0.15, 0.2) is 29.5 Å². The standard InChI is InChI=1S/C7H8ClNO/c8-7(6-9-10)4-2-1-3-5-7/h1-4,6,10H,5H2/b9-6-. The van der Waals surface area contributed by atoms with E-state index in [0.717, 1.165) is 0 Å². The molecule has 0 aromatic carbocycles. The normalized spacial score (nSPS) is 31.7. The molecule has 1 unspecified atom stereocenters. The molecule has 0 aromatic heterocycles. The van der Waals surface area contributed by atoms with Crippen molar-refractivity contribution in [1.82, 2.24) is 0 Å². The monoisotopic (exact) mass is 157 g/mol. The van der Waals surface area contributed by atoms with Crippen LogP contribution in [-0.2, 0) is 0 Å². The van der Waals surface area contributed by atoms with Gasteiger partial charge in [0.2, 0.25) is 0 Å². The minimum Gasteiger partial charge on any atom is -0.411 e. The minimum atomic E-state index is -0.608. The summed E-state index contributed by atoms with van der Waals surface area (Å²) in [5, 5.41) is 11.1. The van der Waals surface area contributed by atoms with Crippen molar-refractivity contribution in [3.05, 3.63) is 24.3 Å². The van der Waals surface area contributed by atoms with Gasteiger partial charge in [0.25, 0.3) is 0 Å². The van der Waals surface area contributed by atoms with Crippen LogP contribution in [0.25, 0.3) is 0 Å². The van der Waals surface area contributed by atoms with Crippen molar-refractivity contribution in [2.45, 2.75) is 11.3 Å². The Bertz CT molecular complexity index is 198. The number of hydrogen-bond donors (Lipinski definition) is 1. The predicted octanol–water partition coefficient (Wildman–Crippen LogP) is 1.94. The smallest absolute Gasteiger partial charge is 0.105 e. The molecular formula is C7H8ClNO. The van der Waals surface area contributed by atoms with Gasteiger partial charge in [0.15, 0.2) is 0 Å². The van der Waals surface area contributed by atoms with E-state index < -0.39 is 4.87 Å². The average molecular weight is 158 g/mol. The van der Waals surface area contributed by atoms with E-state index in [-0.39, 0.29) is 0 Å². The fourth-order valence-corrected chi connectivity index (χ4v) is 1.01. The number of allylic oxidation sites excluding steroid dienone is 4. The molecule has 0 radical (unpaired) electrons. The molecule has 0 amide bonds. The zero-order chi connectivity index (χ0) is 7.45. The van der Waals surface area contributed by atoms with Gasteiger partial charge >= 0.3 is 0 Å². The second-order valence-corrected chi connectivity index (χ2v) is 2.87. The van der Waals surface area contributed by atoms with Crippen molar-refractivity contribution in [3.63, 3.8) is 0 Å². The van der Waals surface area contributed by atoms with Crippen LogP contribution in [0.4, 0.5) is 0 Å². The highest BCUT2D eigenvalue weighted by atomic mass is 35.5. The summed E-state index contributed by atoms with van der Waals surface area (Å²) >= 11 is 5.93. The fourth-order valence-electron chi connectivity index (χ4n) is 0.803. The van der Waals surface area contributed by atoms with Gasteiger partial charge in [0.1, 0.15) is 4.87 Å². The molecule has 0 spiro atoms. The van der Waals surface area contributed by atoms with E-state index in [2.05, 4.69) is 5.16 Å². The highest BCUT2D eigenvalue weighted by Gasteiger charge is 2.20. The van der Waals surface area contributed by atoms with Crippen LogP contribution in [0.5, 0.6) is 0 Å². The van der Waals surface area contributed by atoms with Gasteiger partial charge in [-0.2, -0.15) is 0 Å². The molecule has 3 heteroatoms. The van der Waals surface area contributed by atoms with E-state index in [1.54, 1.807) is 6.08 Å². The van der Waals surface area contributed by atoms with Crippen LogP contribution in [0.1, 0.15) is 6.42 Å². The van der Waals surface area contributed by atoms with Gasteiger partial charge in [-0.25, -0.2) is 0 Å². The first-order valence-electron chi connectivity index (χ1n) is 2.99. The van der Waals surface area contributed by atoms with Crippen LogP contribution in [0, 0.1) is 0 Å². The Labute approximate surface area is 64.5 Å². The van der Waals surface area contributed by atoms with Gasteiger partial charge in [-0.05, 0) is 6.42 Å². The Morgan fingerprint density at radius 1 is 1.60 bits per heavy atom. The Balaban J connectivity index is 2.70. The lowest BCUT2D eigenvalue weighted by Gasteiger charge is -2.16. The summed E-state index contributed by atoms with van der Waals surface area (Å²) in [5.41, 5.74) is 0. The van der Waals surface area contributed by atoms with Gasteiger partial charge in [-0.15, -0.1) is 11.6 Å². The third kappa shape index (κ3) is 1.61. The van der Waals surface area contributed by atoms with Gasteiger partial charge in [0.05, 0.1) is 6.21 Å². The highest BCUT2D eigenvalue weighted by Crippen LogP contribution is 2.22. The van der Waals surface area contributed by atoms with E-state index in [4.69, 9.17) is 16.8 Å². The molecule has 1 aliphatic carbocycles. The van der Waals surface area contributed by atoms with Crippen molar-refractivity contribution < 1.29 is 5.21 Å². The van der Waals surface area contributed by atoms with E-state index >= 15 is 0 Å². The number of oxime groups is 1. The number of alkyl halides is 1. The van der Waals surface area contributed by atoms with Gasteiger partial charge < -0.3 is 5.21 Å². The van der Waals surface area contributed by atoms with E-state index in [1.807, 2.05) is 18.2 Å². The van der Waals surface area contributed by atoms with Crippen LogP contribution < -0.4 is 0 Å². The lowest BCUT2D eigenvalue weighted by Crippen LogP contribution is -2.20. The first-order valence-corrected chi connectivity index (χ1v) is 3.36. The molecule has 0 saturated heterocycles. The molecule has 0 bridgehead atoms. The fraction of sp³-hybridized carbons (Fsp3) is 0.286. The van der Waals surface area contributed by atoms with Crippen molar-refractivity contribution in [1.29, 1.82) is 0 Å². The summed E-state index contributed by atoms with van der Waals surface area (Å²) in [7, 11) is 0. The molecule has 0 heterocycles. The number of hydrogen-bond acceptors (Lipinski definition) is 2. The maximum absolute atomic E-state index is 8.21. The molecule has 2 nitrogen and oxygen atoms in total. The summed E-state index contributed by atoms with van der Waals surface area (Å²) in [6.07, 6.45) is 9.44. The van der Waals surface area contributed by atoms with Crippen LogP contribution in [0.3, 0.4) is 0 Å². The first-order chi connectivity index (χ1) is 4.77. The van der Waals surface area contributed by atoms with Gasteiger partial charge in [0, 0.05) is 0 Å². The second kappa shape index (κ2) is 2.88. The summed E-state index contributed by atoms with van der Waals surface area (Å²) in [5.74, 6) is 0. The molecule has 1 rings (SSSR count). The van der Waals surface area contributed by atoms with Gasteiger partial charge in [-0.1, -0.05) is 29.5 Å². The third-order valence-corrected chi connectivity index (χ3v) is 1.70. The maximum Gasteiger partial charge on any atom is 0.105 e. The molecule has 0 aromatic rings. The lowest BCUT2D eigenvalue weighted by molar-refractivity contribution is 0.319. The lowest BCUT2D eigenvalue weighted by atomic mass is 10.0. The molecule has 1 N–H and O–H groups in total. The Morgan fingerprint density at radius 2 is 2.40 bits per heavy atom. The van der Waals surface area contributed by atoms with Crippen molar-refractivity contribution in [3.8, 4) is 0 Å². The Morgan fingerprint density at radius 3 is 2.90 bits per heavy atom. The predicted molar refractivity (Wildman–Crippen MR) is 41.8 cm³/mol. The molecule has 0 fully saturated rings. The zero-order valence-electron chi connectivity index (χ0n) is 5.37. The number of nitrogens with zero attached hydrogens (tertiary/aromatic N) is 1. The Hall–Kier alpha value is -0.760. The number of rotatable bonds is 1. The minimum absolute atomic E-state index is 0.608. The molecular weight excluding hydrogens is 150 g/mol. The molecule has 10 heavy (non-hydrogen) atoms. The molecule has 1 atom stereocenters. The number of halogens is 1. The van der Waals surface area contributed by atoms with Crippen LogP contribution >= 0.6 is 11.6 Å². The van der Waals surface area contributed by atoms with Crippen molar-refractivity contribution in [2.75, 3.05) is 0 Å². The largest absolute Gasteiger partial charge is 0.411 e. The Kier molecular flexibility index (Phi) is 2.12. The van der Waals surface area contributed by atoms with E-state index in [1.165, 1.54) is 6.21 Å². The SMILES string of the molecule is O/N=C\C1(Cl)C=CC=CC1. The third-order valence-electron chi connectivity index (χ3n) is 1.32. The van der Waals surface area contributed by atoms with Crippen LogP contribution in [-0.4, -0.2) is 16.3 Å². The van der Waals surface area contributed by atoms with Crippen molar-refractivity contribution >= 4 is 17.8 Å². The zero-order valence-corrected chi connectivity index (χ0v) is 6.12. The molecule has 0 aliphatic heterocycles. The molecule has 54 valence electrons. The topological polar surface area (TPSA) is 32.6 Å². The summed E-state index contributed by atoms with van der Waals surface area (Å²) < 4.78 is 0. The van der Waals surface area contributed by atoms with Crippen molar-refractivity contribution in [2.24, 2.45) is 5.16 Å². The van der Waals surface area contributed by atoms with E-state index in [9.17, 15) is 0 Å². The van der Waals surface area contributed by atoms with Gasteiger partial charge in [-0.3, -0.25) is 0 Å². The quantitative estimate of drug-likeness (QED) is 0.268. The molecule has 0 saturated carbocycles. The molecule has 1 aliphatic rings. The highest BCUT2D eigenvalue weighted by molar-refractivity contribution is 6.33. The summed E-state index contributed by atoms with van der Waals surface area (Å²) in [6.45, 7) is 0. The second-order valence-electron chi connectivity index (χ2n) is 2.16. The van der Waals surface area contributed by atoms with Crippen LogP contribution in [0.2, 0.25) is 0 Å². The summed E-state index contributed by atoms with van der Waals surface area (Å²) in [6, 6.07) is 0. The maximum atomic E-state index is 8.21. The summed E-state index contributed by atoms with van der Waals surface area (Å²) in [4.78, 5) is -0.608. The van der Waals surface area contributed by atoms with E-state index in [0.29, 0.717) is 6.42 Å². The average Bonchev–Trinajstić information content (AvgIpc) is 1.89.